The first-order valence-corrected chi connectivity index (χ1v) is 5.00. The Balaban J connectivity index is 2.18. The molecule has 1 heterocycles. The number of hydrogen-bond donors (Lipinski definition) is 1. The summed E-state index contributed by atoms with van der Waals surface area (Å²) in [5.41, 5.74) is 1.84. The molecule has 0 saturated carbocycles. The summed E-state index contributed by atoms with van der Waals surface area (Å²) < 4.78 is 4.73. The molecule has 1 N–H and O–H groups in total. The van der Waals surface area contributed by atoms with Crippen LogP contribution in [0.4, 0.5) is 5.69 Å². The number of rotatable bonds is 2. The highest BCUT2D eigenvalue weighted by Crippen LogP contribution is 2.19. The fraction of sp³-hybridized carbons (Fsp3) is 0.0909. The lowest BCUT2D eigenvalue weighted by Gasteiger charge is -2.06. The first-order valence-electron chi connectivity index (χ1n) is 4.62. The maximum Gasteiger partial charge on any atom is 0.277 e. The summed E-state index contributed by atoms with van der Waals surface area (Å²) in [4.78, 5) is 15.4. The number of carbonyl (C=O) groups is 1. The van der Waals surface area contributed by atoms with Crippen molar-refractivity contribution in [2.45, 2.75) is 6.92 Å². The van der Waals surface area contributed by atoms with E-state index in [4.69, 9.17) is 16.0 Å². The Morgan fingerprint density at radius 1 is 1.50 bits per heavy atom. The van der Waals surface area contributed by atoms with Gasteiger partial charge in [-0.2, -0.15) is 0 Å². The first-order chi connectivity index (χ1) is 7.66. The third-order valence-corrected chi connectivity index (χ3v) is 2.34. The Labute approximate surface area is 97.2 Å². The van der Waals surface area contributed by atoms with Crippen LogP contribution in [-0.2, 0) is 0 Å². The van der Waals surface area contributed by atoms with Crippen LogP contribution in [-0.4, -0.2) is 10.9 Å². The normalized spacial score (nSPS) is 10.1. The Bertz CT molecular complexity index is 509. The molecule has 0 radical (unpaired) electrons. The lowest BCUT2D eigenvalue weighted by atomic mass is 10.2. The van der Waals surface area contributed by atoms with Crippen molar-refractivity contribution in [2.24, 2.45) is 0 Å². The van der Waals surface area contributed by atoms with Gasteiger partial charge in [0.15, 0.2) is 12.1 Å². The van der Waals surface area contributed by atoms with E-state index in [1.807, 2.05) is 6.92 Å². The van der Waals surface area contributed by atoms with E-state index in [1.165, 1.54) is 12.7 Å². The van der Waals surface area contributed by atoms with Gasteiger partial charge in [-0.25, -0.2) is 4.98 Å². The number of halogens is 1. The van der Waals surface area contributed by atoms with E-state index in [-0.39, 0.29) is 11.6 Å². The monoisotopic (exact) mass is 236 g/mol. The molecule has 1 amide bonds. The van der Waals surface area contributed by atoms with Gasteiger partial charge >= 0.3 is 0 Å². The van der Waals surface area contributed by atoms with Crippen molar-refractivity contribution in [1.29, 1.82) is 0 Å². The van der Waals surface area contributed by atoms with Crippen molar-refractivity contribution < 1.29 is 9.21 Å². The molecule has 1 aromatic heterocycles. The number of anilines is 1. The lowest BCUT2D eigenvalue weighted by molar-refractivity contribution is 0.102. The Kier molecular flexibility index (Phi) is 2.92. The molecule has 0 bridgehead atoms. The van der Waals surface area contributed by atoms with E-state index < -0.39 is 0 Å². The average Bonchev–Trinajstić information content (AvgIpc) is 2.75. The Morgan fingerprint density at radius 3 is 2.94 bits per heavy atom. The van der Waals surface area contributed by atoms with E-state index in [0.717, 1.165) is 5.56 Å². The molecule has 0 spiro atoms. The predicted octanol–water partition coefficient (Wildman–Crippen LogP) is 2.89. The number of hydrogen-bond acceptors (Lipinski definition) is 3. The molecule has 16 heavy (non-hydrogen) atoms. The van der Waals surface area contributed by atoms with E-state index >= 15 is 0 Å². The zero-order chi connectivity index (χ0) is 11.5. The van der Waals surface area contributed by atoms with Gasteiger partial charge in [-0.3, -0.25) is 4.79 Å². The minimum atomic E-state index is -0.306. The second-order valence-electron chi connectivity index (χ2n) is 3.29. The van der Waals surface area contributed by atoms with E-state index in [2.05, 4.69) is 10.3 Å². The minimum Gasteiger partial charge on any atom is -0.451 e. The Morgan fingerprint density at radius 2 is 2.31 bits per heavy atom. The molecule has 4 nitrogen and oxygen atoms in total. The maximum atomic E-state index is 11.6. The topological polar surface area (TPSA) is 55.1 Å². The molecule has 1 aromatic carbocycles. The summed E-state index contributed by atoms with van der Waals surface area (Å²) in [5, 5.41) is 3.36. The van der Waals surface area contributed by atoms with Crippen molar-refractivity contribution in [3.63, 3.8) is 0 Å². The lowest BCUT2D eigenvalue weighted by Crippen LogP contribution is -2.12. The quantitative estimate of drug-likeness (QED) is 0.872. The molecular formula is C11H9ClN2O2. The van der Waals surface area contributed by atoms with Crippen molar-refractivity contribution in [3.8, 4) is 0 Å². The molecule has 0 aliphatic heterocycles. The maximum absolute atomic E-state index is 11.6. The third-order valence-electron chi connectivity index (χ3n) is 2.10. The highest BCUT2D eigenvalue weighted by Gasteiger charge is 2.10. The fourth-order valence-electron chi connectivity index (χ4n) is 1.28. The zero-order valence-corrected chi connectivity index (χ0v) is 9.28. The van der Waals surface area contributed by atoms with Gasteiger partial charge in [0.05, 0.1) is 0 Å². The van der Waals surface area contributed by atoms with E-state index in [9.17, 15) is 4.79 Å². The number of carbonyl (C=O) groups excluding carboxylic acids is 1. The molecule has 0 aliphatic carbocycles. The molecule has 5 heteroatoms. The number of amides is 1. The average molecular weight is 237 g/mol. The zero-order valence-electron chi connectivity index (χ0n) is 8.53. The van der Waals surface area contributed by atoms with E-state index in [1.54, 1.807) is 18.2 Å². The smallest absolute Gasteiger partial charge is 0.277 e. The molecule has 0 fully saturated rings. The standard InChI is InChI=1S/C11H9ClN2O2/c1-7-4-8(12)2-3-9(7)14-11(15)10-5-16-6-13-10/h2-6H,1H3,(H,14,15). The second kappa shape index (κ2) is 4.37. The fourth-order valence-corrected chi connectivity index (χ4v) is 1.51. The van der Waals surface area contributed by atoms with Crippen molar-refractivity contribution >= 4 is 23.2 Å². The van der Waals surface area contributed by atoms with Gasteiger partial charge < -0.3 is 9.73 Å². The van der Waals surface area contributed by atoms with Gasteiger partial charge in [-0.1, -0.05) is 11.6 Å². The van der Waals surface area contributed by atoms with E-state index in [0.29, 0.717) is 10.7 Å². The summed E-state index contributed by atoms with van der Waals surface area (Å²) in [5.74, 6) is -0.306. The van der Waals surface area contributed by atoms with Gasteiger partial charge in [0.25, 0.3) is 5.91 Å². The summed E-state index contributed by atoms with van der Waals surface area (Å²) in [6, 6.07) is 5.24. The van der Waals surface area contributed by atoms with Crippen LogP contribution in [0.3, 0.4) is 0 Å². The number of aryl methyl sites for hydroxylation is 1. The van der Waals surface area contributed by atoms with Crippen LogP contribution in [0.5, 0.6) is 0 Å². The van der Waals surface area contributed by atoms with Crippen LogP contribution < -0.4 is 5.32 Å². The summed E-state index contributed by atoms with van der Waals surface area (Å²) >= 11 is 5.81. The SMILES string of the molecule is Cc1cc(Cl)ccc1NC(=O)c1cocn1. The van der Waals surface area contributed by atoms with Gasteiger partial charge in [0, 0.05) is 10.7 Å². The highest BCUT2D eigenvalue weighted by molar-refractivity contribution is 6.30. The number of benzene rings is 1. The van der Waals surface area contributed by atoms with Gasteiger partial charge in [0.2, 0.25) is 0 Å². The summed E-state index contributed by atoms with van der Waals surface area (Å²) in [6.07, 6.45) is 2.50. The van der Waals surface area contributed by atoms with Crippen molar-refractivity contribution in [2.75, 3.05) is 5.32 Å². The molecule has 0 atom stereocenters. The Hall–Kier alpha value is -1.81. The van der Waals surface area contributed by atoms with Gasteiger partial charge in [-0.15, -0.1) is 0 Å². The number of aromatic nitrogens is 1. The number of oxazole rings is 1. The van der Waals surface area contributed by atoms with Crippen molar-refractivity contribution in [1.82, 2.24) is 4.98 Å². The minimum absolute atomic E-state index is 0.245. The van der Waals surface area contributed by atoms with Crippen LogP contribution >= 0.6 is 11.6 Å². The van der Waals surface area contributed by atoms with Crippen LogP contribution in [0.25, 0.3) is 0 Å². The first kappa shape index (κ1) is 10.7. The van der Waals surface area contributed by atoms with Crippen LogP contribution in [0.15, 0.2) is 35.3 Å². The van der Waals surface area contributed by atoms with Crippen LogP contribution in [0.1, 0.15) is 16.1 Å². The van der Waals surface area contributed by atoms with Gasteiger partial charge in [-0.05, 0) is 30.7 Å². The molecule has 2 rings (SSSR count). The molecule has 0 aliphatic rings. The molecular weight excluding hydrogens is 228 g/mol. The molecule has 2 aromatic rings. The van der Waals surface area contributed by atoms with Gasteiger partial charge in [0.1, 0.15) is 6.26 Å². The molecule has 82 valence electrons. The second-order valence-corrected chi connectivity index (χ2v) is 3.72. The van der Waals surface area contributed by atoms with Crippen molar-refractivity contribution in [3.05, 3.63) is 47.1 Å². The van der Waals surface area contributed by atoms with Crippen LogP contribution in [0.2, 0.25) is 5.02 Å². The van der Waals surface area contributed by atoms with Crippen LogP contribution in [0, 0.1) is 6.92 Å². The number of nitrogens with zero attached hydrogens (tertiary/aromatic N) is 1. The third kappa shape index (κ3) is 2.23. The predicted molar refractivity (Wildman–Crippen MR) is 60.6 cm³/mol. The number of nitrogens with one attached hydrogen (secondary N) is 1. The molecule has 0 saturated heterocycles. The summed E-state index contributed by atoms with van der Waals surface area (Å²) in [7, 11) is 0. The highest BCUT2D eigenvalue weighted by atomic mass is 35.5. The largest absolute Gasteiger partial charge is 0.451 e. The molecule has 0 unspecified atom stereocenters. The summed E-state index contributed by atoms with van der Waals surface area (Å²) in [6.45, 7) is 1.87.